The van der Waals surface area contributed by atoms with Crippen LogP contribution in [0.2, 0.25) is 0 Å². The van der Waals surface area contributed by atoms with Crippen molar-refractivity contribution < 1.29 is 9.84 Å². The molecule has 0 aromatic carbocycles. The largest absolute Gasteiger partial charge is 0.390 e. The molecule has 3 heterocycles. The summed E-state index contributed by atoms with van der Waals surface area (Å²) in [5, 5.41) is 10.8. The lowest BCUT2D eigenvalue weighted by atomic mass is 9.79. The Morgan fingerprint density at radius 2 is 2.27 bits per heavy atom. The quantitative estimate of drug-likeness (QED) is 0.927. The van der Waals surface area contributed by atoms with Crippen LogP contribution in [0.4, 0.5) is 5.82 Å². The van der Waals surface area contributed by atoms with Crippen LogP contribution >= 0.6 is 0 Å². The second-order valence-corrected chi connectivity index (χ2v) is 6.81. The second kappa shape index (κ2) is 6.13. The third-order valence-electron chi connectivity index (χ3n) is 5.15. The molecule has 0 unspecified atom stereocenters. The molecule has 5 heteroatoms. The molecular formula is C17H27N3O2. The minimum atomic E-state index is -0.652. The Morgan fingerprint density at radius 1 is 1.45 bits per heavy atom. The molecule has 0 aliphatic carbocycles. The van der Waals surface area contributed by atoms with Gasteiger partial charge in [0.2, 0.25) is 0 Å². The molecule has 2 aliphatic heterocycles. The van der Waals surface area contributed by atoms with Gasteiger partial charge in [-0.15, -0.1) is 0 Å². The smallest absolute Gasteiger partial charge is 0.132 e. The lowest BCUT2D eigenvalue weighted by Crippen LogP contribution is -2.52. The van der Waals surface area contributed by atoms with E-state index in [1.807, 2.05) is 13.8 Å². The highest BCUT2D eigenvalue weighted by Gasteiger charge is 2.44. The zero-order chi connectivity index (χ0) is 15.7. The number of nitrogens with zero attached hydrogens (tertiary/aromatic N) is 3. The molecule has 1 aromatic heterocycles. The summed E-state index contributed by atoms with van der Waals surface area (Å²) in [6.45, 7) is 8.32. The third kappa shape index (κ3) is 2.97. The van der Waals surface area contributed by atoms with Gasteiger partial charge in [0.15, 0.2) is 0 Å². The summed E-state index contributed by atoms with van der Waals surface area (Å²) in [5.74, 6) is 1.98. The number of rotatable bonds is 3. The Balaban J connectivity index is 1.88. The van der Waals surface area contributed by atoms with Gasteiger partial charge < -0.3 is 14.7 Å². The average Bonchev–Trinajstić information content (AvgIpc) is 2.95. The molecule has 22 heavy (non-hydrogen) atoms. The Labute approximate surface area is 132 Å². The molecule has 2 saturated heterocycles. The van der Waals surface area contributed by atoms with E-state index >= 15 is 0 Å². The minimum Gasteiger partial charge on any atom is -0.390 e. The molecule has 3 rings (SSSR count). The van der Waals surface area contributed by atoms with Crippen LogP contribution < -0.4 is 4.90 Å². The van der Waals surface area contributed by atoms with Crippen LogP contribution in [0.15, 0.2) is 6.07 Å². The van der Waals surface area contributed by atoms with Crippen molar-refractivity contribution in [1.29, 1.82) is 0 Å². The molecule has 122 valence electrons. The van der Waals surface area contributed by atoms with Gasteiger partial charge in [-0.1, -0.05) is 6.92 Å². The van der Waals surface area contributed by atoms with E-state index in [4.69, 9.17) is 4.74 Å². The van der Waals surface area contributed by atoms with E-state index in [0.717, 1.165) is 43.1 Å². The molecule has 3 atom stereocenters. The minimum absolute atomic E-state index is 0.143. The highest BCUT2D eigenvalue weighted by Crippen LogP contribution is 2.37. The monoisotopic (exact) mass is 305 g/mol. The van der Waals surface area contributed by atoms with Gasteiger partial charge in [0, 0.05) is 36.9 Å². The fourth-order valence-corrected chi connectivity index (χ4v) is 3.82. The van der Waals surface area contributed by atoms with E-state index in [1.54, 1.807) is 0 Å². The molecular weight excluding hydrogens is 278 g/mol. The van der Waals surface area contributed by atoms with Gasteiger partial charge in [0.05, 0.1) is 12.2 Å². The first-order chi connectivity index (χ1) is 10.5. The van der Waals surface area contributed by atoms with E-state index in [0.29, 0.717) is 25.7 Å². The van der Waals surface area contributed by atoms with Crippen molar-refractivity contribution >= 4 is 5.82 Å². The second-order valence-electron chi connectivity index (χ2n) is 6.81. The van der Waals surface area contributed by atoms with Crippen LogP contribution in [0.1, 0.15) is 44.6 Å². The Kier molecular flexibility index (Phi) is 4.37. The molecule has 5 nitrogen and oxygen atoms in total. The molecule has 0 bridgehead atoms. The number of hydrogen-bond acceptors (Lipinski definition) is 5. The summed E-state index contributed by atoms with van der Waals surface area (Å²) in [6.07, 6.45) is 3.86. The van der Waals surface area contributed by atoms with E-state index in [9.17, 15) is 5.11 Å². The van der Waals surface area contributed by atoms with E-state index in [2.05, 4.69) is 27.9 Å². The molecule has 0 radical (unpaired) electrons. The molecule has 2 fully saturated rings. The van der Waals surface area contributed by atoms with Crippen molar-refractivity contribution in [2.24, 2.45) is 5.92 Å². The Hall–Kier alpha value is -1.20. The fourth-order valence-electron chi connectivity index (χ4n) is 3.82. The maximum absolute atomic E-state index is 10.8. The average molecular weight is 305 g/mol. The lowest BCUT2D eigenvalue weighted by molar-refractivity contribution is -0.108. The van der Waals surface area contributed by atoms with Crippen molar-refractivity contribution in [2.75, 3.05) is 24.7 Å². The fraction of sp³-hybridized carbons (Fsp3) is 0.765. The van der Waals surface area contributed by atoms with Gasteiger partial charge in [0.1, 0.15) is 11.6 Å². The molecule has 0 amide bonds. The zero-order valence-corrected chi connectivity index (χ0v) is 13.9. The number of hydrogen-bond donors (Lipinski definition) is 1. The number of ether oxygens (including phenoxy) is 1. The highest BCUT2D eigenvalue weighted by atomic mass is 16.5. The van der Waals surface area contributed by atoms with Crippen molar-refractivity contribution in [1.82, 2.24) is 9.97 Å². The van der Waals surface area contributed by atoms with Gasteiger partial charge in [0.25, 0.3) is 0 Å². The summed E-state index contributed by atoms with van der Waals surface area (Å²) < 4.78 is 5.66. The molecule has 0 saturated carbocycles. The van der Waals surface area contributed by atoms with Gasteiger partial charge in [-0.25, -0.2) is 9.97 Å². The maximum Gasteiger partial charge on any atom is 0.132 e. The Bertz CT molecular complexity index is 533. The maximum atomic E-state index is 10.8. The number of anilines is 1. The predicted molar refractivity (Wildman–Crippen MR) is 86.1 cm³/mol. The van der Waals surface area contributed by atoms with Crippen LogP contribution in [0, 0.1) is 12.8 Å². The first-order valence-electron chi connectivity index (χ1n) is 8.42. The number of aryl methyl sites for hydroxylation is 2. The van der Waals surface area contributed by atoms with Crippen LogP contribution in [-0.4, -0.2) is 46.5 Å². The van der Waals surface area contributed by atoms with Crippen LogP contribution in [0.3, 0.4) is 0 Å². The lowest BCUT2D eigenvalue weighted by Gasteiger charge is -2.43. The van der Waals surface area contributed by atoms with Gasteiger partial charge in [-0.05, 0) is 39.5 Å². The first kappa shape index (κ1) is 15.7. The third-order valence-corrected chi connectivity index (χ3v) is 5.15. The summed E-state index contributed by atoms with van der Waals surface area (Å²) in [5.41, 5.74) is 0.432. The normalized spacial score (nSPS) is 32.5. The van der Waals surface area contributed by atoms with Crippen LogP contribution in [0.25, 0.3) is 0 Å². The predicted octanol–water partition coefficient (Wildman–Crippen LogP) is 2.10. The highest BCUT2D eigenvalue weighted by molar-refractivity contribution is 5.43. The van der Waals surface area contributed by atoms with Gasteiger partial charge in [-0.2, -0.15) is 0 Å². The number of aliphatic hydroxyl groups is 1. The van der Waals surface area contributed by atoms with Crippen molar-refractivity contribution in [3.63, 3.8) is 0 Å². The SMILES string of the molecule is CCc1cc(N2CCC[C@@H]2[C@@H]2COCC[C@@]2(C)O)nc(C)n1. The standard InChI is InChI=1S/C17H27N3O2/c1-4-13-10-16(19-12(2)18-13)20-8-5-6-15(20)14-11-22-9-7-17(14,3)21/h10,14-15,21H,4-9,11H2,1-3H3/t14-,15+,17+/m0/s1. The van der Waals surface area contributed by atoms with Crippen LogP contribution in [-0.2, 0) is 11.2 Å². The number of aromatic nitrogens is 2. The van der Waals surface area contributed by atoms with Gasteiger partial charge in [-0.3, -0.25) is 0 Å². The Morgan fingerprint density at radius 3 is 3.00 bits per heavy atom. The van der Waals surface area contributed by atoms with Crippen molar-refractivity contribution in [2.45, 2.75) is 58.1 Å². The summed E-state index contributed by atoms with van der Waals surface area (Å²) >= 11 is 0. The van der Waals surface area contributed by atoms with E-state index in [1.165, 1.54) is 0 Å². The summed E-state index contributed by atoms with van der Waals surface area (Å²) in [6, 6.07) is 2.40. The van der Waals surface area contributed by atoms with E-state index in [-0.39, 0.29) is 5.92 Å². The summed E-state index contributed by atoms with van der Waals surface area (Å²) in [4.78, 5) is 11.5. The molecule has 2 aliphatic rings. The van der Waals surface area contributed by atoms with Crippen LogP contribution in [0.5, 0.6) is 0 Å². The molecule has 1 aromatic rings. The topological polar surface area (TPSA) is 58.5 Å². The summed E-state index contributed by atoms with van der Waals surface area (Å²) in [7, 11) is 0. The first-order valence-corrected chi connectivity index (χ1v) is 8.42. The van der Waals surface area contributed by atoms with Gasteiger partial charge >= 0.3 is 0 Å². The zero-order valence-electron chi connectivity index (χ0n) is 13.9. The van der Waals surface area contributed by atoms with E-state index < -0.39 is 5.60 Å². The van der Waals surface area contributed by atoms with Crippen molar-refractivity contribution in [3.05, 3.63) is 17.6 Å². The molecule has 1 N–H and O–H groups in total. The molecule has 0 spiro atoms. The van der Waals surface area contributed by atoms with Crippen molar-refractivity contribution in [3.8, 4) is 0 Å².